The van der Waals surface area contributed by atoms with Gasteiger partial charge >= 0.3 is 0 Å². The first kappa shape index (κ1) is 18.9. The van der Waals surface area contributed by atoms with E-state index in [1.165, 1.54) is 0 Å². The first-order valence-electron chi connectivity index (χ1n) is 8.64. The van der Waals surface area contributed by atoms with Crippen molar-refractivity contribution >= 4 is 29.0 Å². The van der Waals surface area contributed by atoms with Crippen molar-refractivity contribution in [3.8, 4) is 0 Å². The van der Waals surface area contributed by atoms with Crippen LogP contribution in [0.15, 0.2) is 48.5 Å². The summed E-state index contributed by atoms with van der Waals surface area (Å²) in [6, 6.07) is 15.1. The average Bonchev–Trinajstić information content (AvgIpc) is 2.64. The molecule has 3 rings (SSSR count). The van der Waals surface area contributed by atoms with Crippen LogP contribution < -0.4 is 10.6 Å². The van der Waals surface area contributed by atoms with E-state index in [2.05, 4.69) is 20.6 Å². The Morgan fingerprint density at radius 3 is 2.33 bits per heavy atom. The van der Waals surface area contributed by atoms with Crippen molar-refractivity contribution in [2.45, 2.75) is 27.3 Å². The first-order valence-corrected chi connectivity index (χ1v) is 9.02. The number of anilines is 2. The van der Waals surface area contributed by atoms with Crippen LogP contribution in [0.5, 0.6) is 0 Å². The van der Waals surface area contributed by atoms with E-state index in [0.717, 1.165) is 22.4 Å². The molecule has 0 aliphatic rings. The van der Waals surface area contributed by atoms with E-state index in [4.69, 9.17) is 11.6 Å². The molecule has 0 bridgehead atoms. The van der Waals surface area contributed by atoms with Gasteiger partial charge in [0.1, 0.15) is 17.3 Å². The SMILES string of the molecule is Cc1nc(NCc2ccc(Cl)cc2)cc(C(=O)Nc2c(C)cccc2C)n1. The molecule has 1 heterocycles. The zero-order chi connectivity index (χ0) is 19.4. The summed E-state index contributed by atoms with van der Waals surface area (Å²) in [6.45, 7) is 6.27. The lowest BCUT2D eigenvalue weighted by atomic mass is 10.1. The highest BCUT2D eigenvalue weighted by Gasteiger charge is 2.13. The van der Waals surface area contributed by atoms with Gasteiger partial charge in [-0.2, -0.15) is 0 Å². The predicted octanol–water partition coefficient (Wildman–Crippen LogP) is 4.92. The van der Waals surface area contributed by atoms with E-state index < -0.39 is 0 Å². The molecule has 5 nitrogen and oxygen atoms in total. The van der Waals surface area contributed by atoms with Crippen molar-refractivity contribution in [3.05, 3.63) is 81.8 Å². The molecule has 2 N–H and O–H groups in total. The third kappa shape index (κ3) is 4.83. The van der Waals surface area contributed by atoms with Gasteiger partial charge in [0.05, 0.1) is 0 Å². The molecule has 3 aromatic rings. The number of para-hydroxylation sites is 1. The molecule has 0 fully saturated rings. The lowest BCUT2D eigenvalue weighted by molar-refractivity contribution is 0.102. The van der Waals surface area contributed by atoms with Crippen molar-refractivity contribution < 1.29 is 4.79 Å². The van der Waals surface area contributed by atoms with Gasteiger partial charge in [0, 0.05) is 23.3 Å². The largest absolute Gasteiger partial charge is 0.366 e. The Morgan fingerprint density at radius 1 is 1.00 bits per heavy atom. The maximum absolute atomic E-state index is 12.7. The molecule has 1 amide bonds. The Bertz CT molecular complexity index is 950. The second-order valence-electron chi connectivity index (χ2n) is 6.39. The standard InChI is InChI=1S/C21H21ClN4O/c1-13-5-4-6-14(2)20(13)26-21(27)18-11-19(25-15(3)24-18)23-12-16-7-9-17(22)10-8-16/h4-11H,12H2,1-3H3,(H,26,27)(H,23,24,25). The van der Waals surface area contributed by atoms with E-state index >= 15 is 0 Å². The fourth-order valence-electron chi connectivity index (χ4n) is 2.76. The van der Waals surface area contributed by atoms with Crippen molar-refractivity contribution in [2.75, 3.05) is 10.6 Å². The number of aromatic nitrogens is 2. The summed E-state index contributed by atoms with van der Waals surface area (Å²) in [4.78, 5) is 21.3. The minimum absolute atomic E-state index is 0.257. The monoisotopic (exact) mass is 380 g/mol. The summed E-state index contributed by atoms with van der Waals surface area (Å²) in [6.07, 6.45) is 0. The van der Waals surface area contributed by atoms with E-state index in [1.54, 1.807) is 13.0 Å². The molecule has 0 saturated carbocycles. The topological polar surface area (TPSA) is 66.9 Å². The second kappa shape index (κ2) is 8.18. The molecule has 0 saturated heterocycles. The van der Waals surface area contributed by atoms with Gasteiger partial charge in [-0.25, -0.2) is 9.97 Å². The van der Waals surface area contributed by atoms with Gasteiger partial charge in [0.15, 0.2) is 0 Å². The normalized spacial score (nSPS) is 10.5. The van der Waals surface area contributed by atoms with Crippen LogP contribution in [0.1, 0.15) is 33.0 Å². The number of nitrogens with zero attached hydrogens (tertiary/aromatic N) is 2. The first-order chi connectivity index (χ1) is 12.9. The number of halogens is 1. The molecule has 0 unspecified atom stereocenters. The van der Waals surface area contributed by atoms with Gasteiger partial charge in [-0.05, 0) is 49.6 Å². The molecule has 1 aromatic heterocycles. The Kier molecular flexibility index (Phi) is 5.72. The van der Waals surface area contributed by atoms with E-state index in [0.29, 0.717) is 28.9 Å². The zero-order valence-corrected chi connectivity index (χ0v) is 16.3. The van der Waals surface area contributed by atoms with Crippen LogP contribution in [0, 0.1) is 20.8 Å². The molecular weight excluding hydrogens is 360 g/mol. The van der Waals surface area contributed by atoms with Gasteiger partial charge in [-0.1, -0.05) is 41.9 Å². The summed E-state index contributed by atoms with van der Waals surface area (Å²) in [5.41, 5.74) is 4.22. The van der Waals surface area contributed by atoms with Crippen LogP contribution in [-0.4, -0.2) is 15.9 Å². The van der Waals surface area contributed by atoms with Crippen molar-refractivity contribution in [2.24, 2.45) is 0 Å². The Balaban J connectivity index is 1.76. The van der Waals surface area contributed by atoms with Gasteiger partial charge in [-0.15, -0.1) is 0 Å². The van der Waals surface area contributed by atoms with Crippen molar-refractivity contribution in [3.63, 3.8) is 0 Å². The minimum Gasteiger partial charge on any atom is -0.366 e. The highest BCUT2D eigenvalue weighted by atomic mass is 35.5. The molecule has 0 aliphatic heterocycles. The fourth-order valence-corrected chi connectivity index (χ4v) is 2.88. The highest BCUT2D eigenvalue weighted by Crippen LogP contribution is 2.20. The lowest BCUT2D eigenvalue weighted by Gasteiger charge is -2.12. The molecule has 27 heavy (non-hydrogen) atoms. The predicted molar refractivity (Wildman–Crippen MR) is 109 cm³/mol. The van der Waals surface area contributed by atoms with E-state index in [1.807, 2.05) is 56.3 Å². The molecule has 0 atom stereocenters. The minimum atomic E-state index is -0.257. The number of rotatable bonds is 5. The number of benzene rings is 2. The van der Waals surface area contributed by atoms with Gasteiger partial charge in [-0.3, -0.25) is 4.79 Å². The molecule has 138 valence electrons. The van der Waals surface area contributed by atoms with Crippen LogP contribution in [0.2, 0.25) is 5.02 Å². The number of hydrogen-bond donors (Lipinski definition) is 2. The van der Waals surface area contributed by atoms with Crippen LogP contribution in [0.4, 0.5) is 11.5 Å². The number of carbonyl (C=O) groups is 1. The Hall–Kier alpha value is -2.92. The molecule has 0 spiro atoms. The zero-order valence-electron chi connectivity index (χ0n) is 15.5. The number of amides is 1. The summed E-state index contributed by atoms with van der Waals surface area (Å²) < 4.78 is 0. The molecule has 6 heteroatoms. The smallest absolute Gasteiger partial charge is 0.274 e. The maximum Gasteiger partial charge on any atom is 0.274 e. The highest BCUT2D eigenvalue weighted by molar-refractivity contribution is 6.30. The van der Waals surface area contributed by atoms with Crippen molar-refractivity contribution in [1.29, 1.82) is 0 Å². The molecule has 2 aromatic carbocycles. The third-order valence-electron chi connectivity index (χ3n) is 4.18. The summed E-state index contributed by atoms with van der Waals surface area (Å²) >= 11 is 5.91. The van der Waals surface area contributed by atoms with E-state index in [-0.39, 0.29) is 5.91 Å². The molecule has 0 radical (unpaired) electrons. The average molecular weight is 381 g/mol. The van der Waals surface area contributed by atoms with Crippen LogP contribution in [0.3, 0.4) is 0 Å². The summed E-state index contributed by atoms with van der Waals surface area (Å²) in [5, 5.41) is 6.88. The Labute approximate surface area is 163 Å². The lowest BCUT2D eigenvalue weighted by Crippen LogP contribution is -2.17. The van der Waals surface area contributed by atoms with Gasteiger partial charge in [0.2, 0.25) is 0 Å². The summed E-state index contributed by atoms with van der Waals surface area (Å²) in [5.74, 6) is 0.874. The number of nitrogens with one attached hydrogen (secondary N) is 2. The number of hydrogen-bond acceptors (Lipinski definition) is 4. The van der Waals surface area contributed by atoms with Crippen LogP contribution in [0.25, 0.3) is 0 Å². The maximum atomic E-state index is 12.7. The molecule has 0 aliphatic carbocycles. The van der Waals surface area contributed by atoms with Crippen molar-refractivity contribution in [1.82, 2.24) is 9.97 Å². The second-order valence-corrected chi connectivity index (χ2v) is 6.82. The Morgan fingerprint density at radius 2 is 1.67 bits per heavy atom. The number of aryl methyl sites for hydroxylation is 3. The quantitative estimate of drug-likeness (QED) is 0.659. The number of carbonyl (C=O) groups excluding carboxylic acids is 1. The fraction of sp³-hybridized carbons (Fsp3) is 0.190. The van der Waals surface area contributed by atoms with Gasteiger partial charge < -0.3 is 10.6 Å². The van der Waals surface area contributed by atoms with Crippen LogP contribution in [-0.2, 0) is 6.54 Å². The molecular formula is C21H21ClN4O. The summed E-state index contributed by atoms with van der Waals surface area (Å²) in [7, 11) is 0. The van der Waals surface area contributed by atoms with E-state index in [9.17, 15) is 4.79 Å². The van der Waals surface area contributed by atoms with Crippen LogP contribution >= 0.6 is 11.6 Å². The van der Waals surface area contributed by atoms with Gasteiger partial charge in [0.25, 0.3) is 5.91 Å². The third-order valence-corrected chi connectivity index (χ3v) is 4.43.